The molecule has 6 nitrogen and oxygen atoms in total. The molecule has 0 atom stereocenters. The number of carbonyl (C=O) groups is 1. The van der Waals surface area contributed by atoms with Gasteiger partial charge in [0.15, 0.2) is 10.7 Å². The molecule has 25 heavy (non-hydrogen) atoms. The molecular weight excluding hydrogens is 338 g/mol. The van der Waals surface area contributed by atoms with E-state index < -0.39 is 0 Å². The quantitative estimate of drug-likeness (QED) is 0.612. The van der Waals surface area contributed by atoms with Gasteiger partial charge in [0.25, 0.3) is 11.5 Å². The maximum Gasteiger partial charge on any atom is 0.287 e. The Morgan fingerprint density at radius 2 is 2.16 bits per heavy atom. The highest BCUT2D eigenvalue weighted by Crippen LogP contribution is 2.18. The van der Waals surface area contributed by atoms with Crippen LogP contribution in [0.2, 0.25) is 0 Å². The Balaban J connectivity index is 1.47. The normalized spacial score (nSPS) is 11.2. The van der Waals surface area contributed by atoms with Gasteiger partial charge >= 0.3 is 0 Å². The topological polar surface area (TPSA) is 76.6 Å². The molecule has 0 radical (unpaired) electrons. The van der Waals surface area contributed by atoms with E-state index in [1.807, 2.05) is 29.6 Å². The van der Waals surface area contributed by atoms with Crippen LogP contribution >= 0.6 is 11.3 Å². The van der Waals surface area contributed by atoms with Gasteiger partial charge in [-0.2, -0.15) is 0 Å². The number of rotatable bonds is 4. The van der Waals surface area contributed by atoms with Crippen LogP contribution in [0.25, 0.3) is 15.9 Å². The molecule has 0 aliphatic heterocycles. The Labute approximate surface area is 146 Å². The van der Waals surface area contributed by atoms with Crippen molar-refractivity contribution in [2.24, 2.45) is 0 Å². The maximum atomic E-state index is 12.2. The predicted molar refractivity (Wildman–Crippen MR) is 96.3 cm³/mol. The summed E-state index contributed by atoms with van der Waals surface area (Å²) in [6.07, 6.45) is 0.538. The molecule has 0 aliphatic rings. The molecule has 126 valence electrons. The Morgan fingerprint density at radius 3 is 3.00 bits per heavy atom. The van der Waals surface area contributed by atoms with Crippen LogP contribution in [0.1, 0.15) is 21.9 Å². The molecule has 1 aromatic carbocycles. The molecule has 0 bridgehead atoms. The smallest absolute Gasteiger partial charge is 0.287 e. The Bertz CT molecular complexity index is 1110. The Hall–Kier alpha value is -2.93. The zero-order valence-corrected chi connectivity index (χ0v) is 14.3. The molecule has 3 heterocycles. The number of aromatic nitrogens is 2. The SMILES string of the molecule is Cc1cc(=O)n2c(CCNC(=O)c3cc4ccccc4o3)csc2n1. The van der Waals surface area contributed by atoms with Gasteiger partial charge in [-0.05, 0) is 19.1 Å². The van der Waals surface area contributed by atoms with Gasteiger partial charge in [-0.25, -0.2) is 4.98 Å². The second-order valence-electron chi connectivity index (χ2n) is 5.74. The van der Waals surface area contributed by atoms with E-state index in [2.05, 4.69) is 10.3 Å². The van der Waals surface area contributed by atoms with Crippen molar-refractivity contribution in [3.8, 4) is 0 Å². The number of benzene rings is 1. The van der Waals surface area contributed by atoms with Crippen LogP contribution in [0.15, 0.2) is 51.0 Å². The summed E-state index contributed by atoms with van der Waals surface area (Å²) in [5, 5.41) is 5.62. The van der Waals surface area contributed by atoms with Gasteiger partial charge in [0, 0.05) is 41.2 Å². The molecule has 0 fully saturated rings. The molecule has 0 saturated heterocycles. The summed E-state index contributed by atoms with van der Waals surface area (Å²) < 4.78 is 7.13. The van der Waals surface area contributed by atoms with Crippen molar-refractivity contribution in [3.05, 3.63) is 69.3 Å². The molecule has 0 saturated carbocycles. The molecule has 4 rings (SSSR count). The lowest BCUT2D eigenvalue weighted by Gasteiger charge is -2.03. The first kappa shape index (κ1) is 15.6. The lowest BCUT2D eigenvalue weighted by molar-refractivity contribution is 0.0928. The van der Waals surface area contributed by atoms with Crippen LogP contribution in [0.3, 0.4) is 0 Å². The summed E-state index contributed by atoms with van der Waals surface area (Å²) in [7, 11) is 0. The molecule has 0 spiro atoms. The van der Waals surface area contributed by atoms with Gasteiger partial charge in [0.1, 0.15) is 5.58 Å². The molecule has 1 amide bonds. The van der Waals surface area contributed by atoms with E-state index in [1.54, 1.807) is 17.4 Å². The fourth-order valence-electron chi connectivity index (χ4n) is 2.74. The summed E-state index contributed by atoms with van der Waals surface area (Å²) in [6, 6.07) is 10.7. The second-order valence-corrected chi connectivity index (χ2v) is 6.57. The van der Waals surface area contributed by atoms with E-state index in [-0.39, 0.29) is 17.2 Å². The number of carbonyl (C=O) groups excluding carboxylic acids is 1. The van der Waals surface area contributed by atoms with Gasteiger partial charge in [0.2, 0.25) is 0 Å². The van der Waals surface area contributed by atoms with Crippen LogP contribution in [-0.2, 0) is 6.42 Å². The van der Waals surface area contributed by atoms with Crippen molar-refractivity contribution in [1.29, 1.82) is 0 Å². The highest BCUT2D eigenvalue weighted by atomic mass is 32.1. The fraction of sp³-hybridized carbons (Fsp3) is 0.167. The summed E-state index contributed by atoms with van der Waals surface area (Å²) in [5.41, 5.74) is 2.13. The lowest BCUT2D eigenvalue weighted by atomic mass is 10.2. The molecular formula is C18H15N3O3S. The number of fused-ring (bicyclic) bond motifs is 2. The number of hydrogen-bond acceptors (Lipinski definition) is 5. The van der Waals surface area contributed by atoms with Crippen molar-refractivity contribution in [1.82, 2.24) is 14.7 Å². The van der Waals surface area contributed by atoms with Crippen LogP contribution in [-0.4, -0.2) is 21.8 Å². The van der Waals surface area contributed by atoms with Crippen LogP contribution in [0, 0.1) is 6.92 Å². The van der Waals surface area contributed by atoms with E-state index in [9.17, 15) is 9.59 Å². The van der Waals surface area contributed by atoms with Crippen molar-refractivity contribution >= 4 is 33.2 Å². The van der Waals surface area contributed by atoms with Crippen molar-refractivity contribution in [2.75, 3.05) is 6.54 Å². The number of furan rings is 1. The molecule has 3 aromatic heterocycles. The number of aryl methyl sites for hydroxylation is 1. The van der Waals surface area contributed by atoms with E-state index in [0.29, 0.717) is 29.2 Å². The lowest BCUT2D eigenvalue weighted by Crippen LogP contribution is -2.26. The predicted octanol–water partition coefficient (Wildman–Crippen LogP) is 2.78. The minimum atomic E-state index is -0.267. The zero-order valence-electron chi connectivity index (χ0n) is 13.5. The average molecular weight is 353 g/mol. The first-order valence-electron chi connectivity index (χ1n) is 7.85. The summed E-state index contributed by atoms with van der Waals surface area (Å²) in [4.78, 5) is 29.4. The number of para-hydroxylation sites is 1. The largest absolute Gasteiger partial charge is 0.451 e. The monoisotopic (exact) mass is 353 g/mol. The van der Waals surface area contributed by atoms with E-state index in [4.69, 9.17) is 4.42 Å². The Kier molecular flexibility index (Phi) is 3.85. The Morgan fingerprint density at radius 1 is 1.32 bits per heavy atom. The van der Waals surface area contributed by atoms with Crippen LogP contribution < -0.4 is 10.9 Å². The fourth-order valence-corrected chi connectivity index (χ4v) is 3.72. The summed E-state index contributed by atoms with van der Waals surface area (Å²) in [6.45, 7) is 2.20. The van der Waals surface area contributed by atoms with Crippen molar-refractivity contribution in [3.63, 3.8) is 0 Å². The highest BCUT2D eigenvalue weighted by molar-refractivity contribution is 7.15. The van der Waals surface area contributed by atoms with E-state index in [1.165, 1.54) is 17.4 Å². The number of thiazole rings is 1. The van der Waals surface area contributed by atoms with Gasteiger partial charge < -0.3 is 9.73 Å². The summed E-state index contributed by atoms with van der Waals surface area (Å²) >= 11 is 1.42. The third-order valence-corrected chi connectivity index (χ3v) is 4.79. The van der Waals surface area contributed by atoms with Crippen LogP contribution in [0.5, 0.6) is 0 Å². The molecule has 0 unspecified atom stereocenters. The highest BCUT2D eigenvalue weighted by Gasteiger charge is 2.12. The zero-order chi connectivity index (χ0) is 17.4. The summed E-state index contributed by atoms with van der Waals surface area (Å²) in [5.74, 6) is 0.0166. The number of nitrogens with zero attached hydrogens (tertiary/aromatic N) is 2. The number of nitrogens with one attached hydrogen (secondary N) is 1. The van der Waals surface area contributed by atoms with Gasteiger partial charge in [-0.3, -0.25) is 14.0 Å². The number of amides is 1. The first-order valence-corrected chi connectivity index (χ1v) is 8.73. The van der Waals surface area contributed by atoms with E-state index in [0.717, 1.165) is 11.1 Å². The molecule has 0 aliphatic carbocycles. The minimum Gasteiger partial charge on any atom is -0.451 e. The maximum absolute atomic E-state index is 12.2. The molecule has 7 heteroatoms. The molecule has 1 N–H and O–H groups in total. The van der Waals surface area contributed by atoms with Gasteiger partial charge in [0.05, 0.1) is 0 Å². The van der Waals surface area contributed by atoms with Crippen molar-refractivity contribution in [2.45, 2.75) is 13.3 Å². The standard InChI is InChI=1S/C18H15N3O3S/c1-11-8-16(22)21-13(10-25-18(21)20-11)6-7-19-17(23)15-9-12-4-2-3-5-14(12)24-15/h2-5,8-10H,6-7H2,1H3,(H,19,23). The van der Waals surface area contributed by atoms with Gasteiger partial charge in [-0.1, -0.05) is 18.2 Å². The minimum absolute atomic E-state index is 0.0950. The van der Waals surface area contributed by atoms with Crippen LogP contribution in [0.4, 0.5) is 0 Å². The van der Waals surface area contributed by atoms with Crippen molar-refractivity contribution < 1.29 is 9.21 Å². The van der Waals surface area contributed by atoms with Gasteiger partial charge in [-0.15, -0.1) is 11.3 Å². The van der Waals surface area contributed by atoms with E-state index >= 15 is 0 Å². The molecule has 4 aromatic rings. The second kappa shape index (κ2) is 6.18. The average Bonchev–Trinajstić information content (AvgIpc) is 3.18. The number of hydrogen-bond donors (Lipinski definition) is 1. The third kappa shape index (κ3) is 2.94. The first-order chi connectivity index (χ1) is 12.1. The third-order valence-electron chi connectivity index (χ3n) is 3.92.